The third-order valence-corrected chi connectivity index (χ3v) is 26.7. The Hall–Kier alpha value is -1.78. The van der Waals surface area contributed by atoms with Gasteiger partial charge < -0.3 is 25.0 Å². The molecule has 4 unspecified atom stereocenters. The summed E-state index contributed by atoms with van der Waals surface area (Å²) in [5.41, 5.74) is 7.25. The van der Waals surface area contributed by atoms with Gasteiger partial charge >= 0.3 is 0 Å². The van der Waals surface area contributed by atoms with E-state index in [9.17, 15) is 37.6 Å². The molecule has 0 aromatic heterocycles. The Balaban J connectivity index is 0.000000276. The molecule has 0 saturated heterocycles. The summed E-state index contributed by atoms with van der Waals surface area (Å²) in [5, 5.41) is 23.8. The lowest BCUT2D eigenvalue weighted by Gasteiger charge is -2.35. The van der Waals surface area contributed by atoms with Crippen molar-refractivity contribution in [3.05, 3.63) is 144 Å². The maximum absolute atomic E-state index is 14.2. The van der Waals surface area contributed by atoms with Gasteiger partial charge in [-0.3, -0.25) is 14.9 Å². The molecule has 9 nitrogen and oxygen atoms in total. The third kappa shape index (κ3) is 16.9. The Bertz CT molecular complexity index is 2500. The molecule has 0 radical (unpaired) electrons. The van der Waals surface area contributed by atoms with E-state index in [1.807, 2.05) is 0 Å². The number of aldehydes is 1. The Kier molecular flexibility index (Phi) is 27.0. The topological polar surface area (TPSA) is 137 Å². The summed E-state index contributed by atoms with van der Waals surface area (Å²) in [6.07, 6.45) is 0.577. The zero-order valence-corrected chi connectivity index (χ0v) is 50.5. The van der Waals surface area contributed by atoms with Crippen molar-refractivity contribution in [3.63, 3.8) is 0 Å². The summed E-state index contributed by atoms with van der Waals surface area (Å²) in [6, 6.07) is 16.8. The van der Waals surface area contributed by atoms with Gasteiger partial charge in [-0.15, -0.1) is 0 Å². The highest BCUT2D eigenvalue weighted by molar-refractivity contribution is 6.74. The summed E-state index contributed by atoms with van der Waals surface area (Å²) in [5.74, 6) is -0.681. The molecule has 6 rings (SSSR count). The van der Waals surface area contributed by atoms with Crippen molar-refractivity contribution in [2.45, 2.75) is 129 Å². The predicted octanol–water partition coefficient (Wildman–Crippen LogP) is 17.8. The number of hydrogen-bond acceptors (Lipinski definition) is 8. The summed E-state index contributed by atoms with van der Waals surface area (Å²) in [4.78, 5) is 19.7. The van der Waals surface area contributed by atoms with Gasteiger partial charge in [-0.25, -0.2) is 17.6 Å². The fourth-order valence-electron chi connectivity index (χ4n) is 9.38. The average Bonchev–Trinajstić information content (AvgIpc) is 3.62. The van der Waals surface area contributed by atoms with Crippen LogP contribution >= 0.6 is 92.8 Å². The quantitative estimate of drug-likeness (QED) is 0.0199. The lowest BCUT2D eigenvalue weighted by atomic mass is 9.97. The molecule has 2 aliphatic rings. The molecular formula is C51H65Cl8F4N3O6Si2. The van der Waals surface area contributed by atoms with Crippen LogP contribution in [0.15, 0.2) is 48.5 Å². The van der Waals surface area contributed by atoms with E-state index < -0.39 is 68.6 Å². The van der Waals surface area contributed by atoms with Gasteiger partial charge in [-0.1, -0.05) is 148 Å². The smallest absolute Gasteiger partial charge is 0.233 e. The third-order valence-electron chi connectivity index (χ3n) is 14.6. The van der Waals surface area contributed by atoms with Crippen LogP contribution in [0.2, 0.25) is 76.4 Å². The van der Waals surface area contributed by atoms with E-state index in [2.05, 4.69) is 60.7 Å². The van der Waals surface area contributed by atoms with Crippen LogP contribution < -0.4 is 11.1 Å². The number of nitrogens with two attached hydrogens (primary N) is 1. The molecule has 412 valence electrons. The Morgan fingerprint density at radius 3 is 1.38 bits per heavy atom. The molecule has 4 N–H and O–H groups in total. The number of rotatable bonds is 20. The second-order valence-electron chi connectivity index (χ2n) is 18.7. The first-order valence-corrected chi connectivity index (χ1v) is 32.4. The molecule has 4 aromatic rings. The number of nitro groups is 1. The molecule has 23 heteroatoms. The maximum atomic E-state index is 14.2. The van der Waals surface area contributed by atoms with E-state index in [1.54, 1.807) is 6.07 Å². The van der Waals surface area contributed by atoms with Gasteiger partial charge in [0, 0.05) is 55.8 Å². The van der Waals surface area contributed by atoms with E-state index in [0.717, 1.165) is 60.2 Å². The molecule has 2 saturated carbocycles. The summed E-state index contributed by atoms with van der Waals surface area (Å²) < 4.78 is 66.6. The second kappa shape index (κ2) is 30.0. The minimum Gasteiger partial charge on any atom is -0.409 e. The summed E-state index contributed by atoms with van der Waals surface area (Å²) in [6.45, 7) is 17.8. The normalized spacial score (nSPS) is 17.8. The Labute approximate surface area is 474 Å². The Morgan fingerprint density at radius 1 is 0.662 bits per heavy atom. The van der Waals surface area contributed by atoms with Crippen LogP contribution in [-0.2, 0) is 8.85 Å². The molecule has 2 fully saturated rings. The molecule has 0 spiro atoms. The number of nitrogens with one attached hydrogen (secondary N) is 1. The van der Waals surface area contributed by atoms with Gasteiger partial charge in [0.05, 0.1) is 42.9 Å². The fourth-order valence-corrected chi connectivity index (χ4v) is 17.3. The zero-order valence-electron chi connectivity index (χ0n) is 42.5. The monoisotopic (exact) mass is 1230 g/mol. The number of nitrogens with zero attached hydrogens (tertiary/aromatic N) is 1. The molecule has 2 aliphatic carbocycles. The Morgan fingerprint density at radius 2 is 1.01 bits per heavy atom. The van der Waals surface area contributed by atoms with Crippen LogP contribution in [0.3, 0.4) is 0 Å². The van der Waals surface area contributed by atoms with Crippen LogP contribution in [0.4, 0.5) is 17.6 Å². The van der Waals surface area contributed by atoms with Crippen molar-refractivity contribution in [1.29, 1.82) is 0 Å². The van der Waals surface area contributed by atoms with Crippen molar-refractivity contribution in [2.24, 2.45) is 23.0 Å². The molecule has 0 heterocycles. The highest BCUT2D eigenvalue weighted by Gasteiger charge is 2.61. The van der Waals surface area contributed by atoms with E-state index in [0.29, 0.717) is 45.5 Å². The second-order valence-corrected chi connectivity index (χ2v) is 31.3. The van der Waals surface area contributed by atoms with Crippen molar-refractivity contribution in [1.82, 2.24) is 5.32 Å². The van der Waals surface area contributed by atoms with Crippen LogP contribution in [0.5, 0.6) is 0 Å². The van der Waals surface area contributed by atoms with Gasteiger partial charge in [0.2, 0.25) is 6.54 Å². The van der Waals surface area contributed by atoms with Gasteiger partial charge in [-0.05, 0) is 115 Å². The predicted molar refractivity (Wildman–Crippen MR) is 301 cm³/mol. The first-order chi connectivity index (χ1) is 34.7. The maximum Gasteiger partial charge on any atom is 0.233 e. The van der Waals surface area contributed by atoms with Crippen molar-refractivity contribution in [3.8, 4) is 0 Å². The van der Waals surface area contributed by atoms with E-state index in [1.165, 1.54) is 43.2 Å². The number of hydrogen-bond donors (Lipinski definition) is 3. The summed E-state index contributed by atoms with van der Waals surface area (Å²) in [7, 11) is -3.78. The minimum atomic E-state index is -1.91. The molecule has 0 amide bonds. The van der Waals surface area contributed by atoms with E-state index in [-0.39, 0.29) is 48.9 Å². The van der Waals surface area contributed by atoms with Crippen molar-refractivity contribution >= 4 is 116 Å². The van der Waals surface area contributed by atoms with E-state index in [4.69, 9.17) is 107 Å². The zero-order chi connectivity index (χ0) is 56.0. The van der Waals surface area contributed by atoms with Gasteiger partial charge in [-0.2, -0.15) is 0 Å². The fraction of sp³-hybridized carbons (Fsp3) is 0.510. The number of aliphatic hydroxyl groups is 1. The SMILES string of the molecule is CC[Si](CC)(CC)OC(CN)c1c(Cl)ccc(F)c1Cl.CC[Si](CC)(CC)OC(CNC1C[C@@H]2[C@H](C1)C2(C)C)c1c(Cl)ccc(F)c1Cl.O=Cc1c(Cl)ccc(F)c1Cl.O=[N+]([O-])CC(O)c1c(Cl)ccc(F)c1Cl. The first-order valence-electron chi connectivity index (χ1n) is 24.3. The molecule has 0 bridgehead atoms. The first kappa shape index (κ1) is 66.5. The highest BCUT2D eigenvalue weighted by Crippen LogP contribution is 2.66. The molecule has 6 atom stereocenters. The van der Waals surface area contributed by atoms with Crippen molar-refractivity contribution < 1.29 is 41.2 Å². The molecule has 4 aromatic carbocycles. The van der Waals surface area contributed by atoms with Crippen LogP contribution in [0.1, 0.15) is 114 Å². The van der Waals surface area contributed by atoms with Gasteiger partial charge in [0.1, 0.15) is 29.4 Å². The van der Waals surface area contributed by atoms with Crippen LogP contribution in [0.25, 0.3) is 0 Å². The lowest BCUT2D eigenvalue weighted by molar-refractivity contribution is -0.491. The number of aliphatic hydroxyl groups excluding tert-OH is 1. The highest BCUT2D eigenvalue weighted by atomic mass is 35.5. The number of halogens is 12. The largest absolute Gasteiger partial charge is 0.409 e. The standard InChI is InChI=1S/C22H34Cl2FNOSi.C14H22Cl2FNOSi.C8H6Cl2FNO3.C7H3Cl2FO/c1-6-28(7-2,8-3)27-19(20-17(23)9-10-18(25)21(20)24)13-26-14-11-15-16(12-14)22(15,4)5;1-4-20(5-2,6-3)19-12(9-18)13-10(15)7-8-11(17)14(13)16;9-4-1-2-5(11)8(10)7(4)6(13)3-12(14)15;8-5-1-2-6(10)7(9)4(5)3-11/h9-10,14-16,19,26H,6-8,11-13H2,1-5H3;7-8,12H,4-6,9,18H2,1-3H3;1-2,6,13H,3H2;1-3H/t14?,15-,16+,19?;;;. The number of carbonyl (C=O) groups excluding carboxylic acids is 1. The van der Waals surface area contributed by atoms with Crippen molar-refractivity contribution in [2.75, 3.05) is 19.6 Å². The van der Waals surface area contributed by atoms with Gasteiger partial charge in [0.15, 0.2) is 22.9 Å². The van der Waals surface area contributed by atoms with Crippen LogP contribution in [0, 0.1) is 50.6 Å². The summed E-state index contributed by atoms with van der Waals surface area (Å²) >= 11 is 47.2. The number of benzene rings is 4. The molecule has 0 aliphatic heterocycles. The number of fused-ring (bicyclic) bond motifs is 1. The molecular weight excluding hydrogens is 1170 g/mol. The van der Waals surface area contributed by atoms with Gasteiger partial charge in [0.25, 0.3) is 0 Å². The number of carbonyl (C=O) groups is 1. The van der Waals surface area contributed by atoms with Crippen LogP contribution in [-0.4, -0.2) is 58.6 Å². The lowest BCUT2D eigenvalue weighted by Crippen LogP contribution is -2.41. The minimum absolute atomic E-state index is 0.00394. The van der Waals surface area contributed by atoms with E-state index >= 15 is 0 Å². The average molecular weight is 1230 g/mol. The molecule has 74 heavy (non-hydrogen) atoms.